The standard InChI is InChI=1S/C29H22N8O/c1-2-4-18(5-3-1)12-30-13-19-10-21(15-31-14-19)24-11-23-25(16-33-24)36-37-27(23)29-34-26-22(20-7-9-38-17-20)6-8-32-28(26)35-29/h1-11,14-17,30H,12-13H2,(H,36,37)(H,32,34,35). The third kappa shape index (κ3) is 4.10. The molecule has 1 aromatic carbocycles. The van der Waals surface area contributed by atoms with Gasteiger partial charge in [-0.15, -0.1) is 0 Å². The first-order valence-corrected chi connectivity index (χ1v) is 12.2. The molecule has 0 fully saturated rings. The van der Waals surface area contributed by atoms with Crippen LogP contribution in [0.4, 0.5) is 0 Å². The van der Waals surface area contributed by atoms with Gasteiger partial charge in [0.15, 0.2) is 11.5 Å². The number of aromatic amines is 2. The molecule has 0 radical (unpaired) electrons. The van der Waals surface area contributed by atoms with E-state index in [9.17, 15) is 0 Å². The minimum Gasteiger partial charge on any atom is -0.472 e. The first-order valence-electron chi connectivity index (χ1n) is 12.2. The van der Waals surface area contributed by atoms with Crippen molar-refractivity contribution in [1.29, 1.82) is 0 Å². The third-order valence-corrected chi connectivity index (χ3v) is 6.49. The van der Waals surface area contributed by atoms with E-state index in [1.54, 1.807) is 24.9 Å². The molecule has 0 aliphatic carbocycles. The van der Waals surface area contributed by atoms with E-state index in [1.807, 2.05) is 48.8 Å². The van der Waals surface area contributed by atoms with Gasteiger partial charge in [-0.25, -0.2) is 9.97 Å². The van der Waals surface area contributed by atoms with E-state index < -0.39 is 0 Å². The average Bonchev–Trinajstić information content (AvgIpc) is 3.73. The van der Waals surface area contributed by atoms with E-state index in [0.717, 1.165) is 50.9 Å². The molecule has 3 N–H and O–H groups in total. The van der Waals surface area contributed by atoms with Gasteiger partial charge in [-0.1, -0.05) is 30.3 Å². The van der Waals surface area contributed by atoms with Gasteiger partial charge in [0, 0.05) is 53.8 Å². The zero-order chi connectivity index (χ0) is 25.3. The molecule has 7 aromatic rings. The zero-order valence-corrected chi connectivity index (χ0v) is 20.2. The molecule has 0 aliphatic heterocycles. The highest BCUT2D eigenvalue weighted by Gasteiger charge is 2.17. The summed E-state index contributed by atoms with van der Waals surface area (Å²) in [6, 6.07) is 18.3. The molecule has 0 aliphatic rings. The number of hydrogen-bond acceptors (Lipinski definition) is 7. The van der Waals surface area contributed by atoms with Gasteiger partial charge in [-0.2, -0.15) is 5.10 Å². The van der Waals surface area contributed by atoms with Crippen molar-refractivity contribution >= 4 is 22.1 Å². The highest BCUT2D eigenvalue weighted by Crippen LogP contribution is 2.32. The molecule has 0 unspecified atom stereocenters. The van der Waals surface area contributed by atoms with Crippen LogP contribution in [0.2, 0.25) is 0 Å². The molecule has 0 amide bonds. The number of nitrogens with one attached hydrogen (secondary N) is 3. The number of furan rings is 1. The Bertz CT molecular complexity index is 1850. The summed E-state index contributed by atoms with van der Waals surface area (Å²) >= 11 is 0. The summed E-state index contributed by atoms with van der Waals surface area (Å²) in [6.45, 7) is 1.50. The van der Waals surface area contributed by atoms with Crippen LogP contribution in [0.25, 0.3) is 56.0 Å². The molecule has 7 rings (SSSR count). The maximum absolute atomic E-state index is 5.27. The van der Waals surface area contributed by atoms with E-state index >= 15 is 0 Å². The monoisotopic (exact) mass is 498 g/mol. The van der Waals surface area contributed by atoms with E-state index in [4.69, 9.17) is 9.40 Å². The first-order chi connectivity index (χ1) is 18.8. The lowest BCUT2D eigenvalue weighted by atomic mass is 10.1. The minimum absolute atomic E-state index is 0.615. The minimum atomic E-state index is 0.615. The van der Waals surface area contributed by atoms with Crippen molar-refractivity contribution in [2.45, 2.75) is 13.1 Å². The summed E-state index contributed by atoms with van der Waals surface area (Å²) in [6.07, 6.45) is 10.6. The third-order valence-electron chi connectivity index (χ3n) is 6.49. The maximum Gasteiger partial charge on any atom is 0.178 e. The lowest BCUT2D eigenvalue weighted by molar-refractivity contribution is 0.568. The van der Waals surface area contributed by atoms with E-state index in [-0.39, 0.29) is 0 Å². The van der Waals surface area contributed by atoms with E-state index in [1.165, 1.54) is 5.56 Å². The van der Waals surface area contributed by atoms with E-state index in [0.29, 0.717) is 23.7 Å². The van der Waals surface area contributed by atoms with E-state index in [2.05, 4.69) is 53.6 Å². The quantitative estimate of drug-likeness (QED) is 0.265. The molecule has 6 aromatic heterocycles. The molecule has 0 atom stereocenters. The molecule has 38 heavy (non-hydrogen) atoms. The Hall–Kier alpha value is -5.15. The van der Waals surface area contributed by atoms with Crippen LogP contribution < -0.4 is 5.32 Å². The van der Waals surface area contributed by atoms with Crippen molar-refractivity contribution in [1.82, 2.24) is 40.4 Å². The summed E-state index contributed by atoms with van der Waals surface area (Å²) in [5.74, 6) is 0.629. The van der Waals surface area contributed by atoms with Gasteiger partial charge in [0.25, 0.3) is 0 Å². The smallest absolute Gasteiger partial charge is 0.178 e. The van der Waals surface area contributed by atoms with Crippen molar-refractivity contribution in [2.75, 3.05) is 0 Å². The SMILES string of the molecule is c1ccc(CNCc2cncc(-c3cc4c(-c5nc6nccc(-c7ccoc7)c6[nH]5)n[nH]c4cn3)c2)cc1. The summed E-state index contributed by atoms with van der Waals surface area (Å²) in [4.78, 5) is 21.7. The fourth-order valence-corrected chi connectivity index (χ4v) is 4.61. The Morgan fingerprint density at radius 2 is 1.79 bits per heavy atom. The molecular weight excluding hydrogens is 476 g/mol. The number of pyridine rings is 3. The van der Waals surface area contributed by atoms with Crippen LogP contribution in [-0.2, 0) is 13.1 Å². The molecular formula is C29H22N8O. The van der Waals surface area contributed by atoms with Crippen molar-refractivity contribution in [3.05, 3.63) is 103 Å². The molecule has 9 heteroatoms. The predicted molar refractivity (Wildman–Crippen MR) is 145 cm³/mol. The molecule has 0 bridgehead atoms. The second-order valence-corrected chi connectivity index (χ2v) is 9.01. The Balaban J connectivity index is 1.20. The van der Waals surface area contributed by atoms with Crippen molar-refractivity contribution in [2.24, 2.45) is 0 Å². The average molecular weight is 499 g/mol. The molecule has 9 nitrogen and oxygen atoms in total. The summed E-state index contributed by atoms with van der Waals surface area (Å²) in [5, 5.41) is 12.0. The van der Waals surface area contributed by atoms with Gasteiger partial charge in [-0.3, -0.25) is 15.1 Å². The molecule has 0 spiro atoms. The van der Waals surface area contributed by atoms with Crippen molar-refractivity contribution in [3.63, 3.8) is 0 Å². The fraction of sp³-hybridized carbons (Fsp3) is 0.0690. The molecule has 6 heterocycles. The second kappa shape index (κ2) is 9.38. The largest absolute Gasteiger partial charge is 0.472 e. The van der Waals surface area contributed by atoms with Crippen LogP contribution in [0.3, 0.4) is 0 Å². The number of H-pyrrole nitrogens is 2. The molecule has 0 saturated carbocycles. The van der Waals surface area contributed by atoms with Gasteiger partial charge in [-0.05, 0) is 35.4 Å². The van der Waals surface area contributed by atoms with Crippen LogP contribution in [-0.4, -0.2) is 35.1 Å². The van der Waals surface area contributed by atoms with Crippen LogP contribution in [0.15, 0.2) is 96.3 Å². The first kappa shape index (κ1) is 22.1. The fourth-order valence-electron chi connectivity index (χ4n) is 4.61. The van der Waals surface area contributed by atoms with Crippen molar-refractivity contribution < 1.29 is 4.42 Å². The number of benzene rings is 1. The van der Waals surface area contributed by atoms with Crippen LogP contribution in [0.5, 0.6) is 0 Å². The Labute approximate surface area is 217 Å². The summed E-state index contributed by atoms with van der Waals surface area (Å²) < 4.78 is 5.27. The predicted octanol–water partition coefficient (Wildman–Crippen LogP) is 5.51. The lowest BCUT2D eigenvalue weighted by Crippen LogP contribution is -2.12. The summed E-state index contributed by atoms with van der Waals surface area (Å²) in [7, 11) is 0. The van der Waals surface area contributed by atoms with Crippen LogP contribution in [0, 0.1) is 0 Å². The number of hydrogen-bond donors (Lipinski definition) is 3. The van der Waals surface area contributed by atoms with Gasteiger partial charge >= 0.3 is 0 Å². The Morgan fingerprint density at radius 1 is 0.868 bits per heavy atom. The van der Waals surface area contributed by atoms with Gasteiger partial charge in [0.05, 0.1) is 35.5 Å². The molecule has 0 saturated heterocycles. The number of rotatable bonds is 7. The molecule has 184 valence electrons. The Morgan fingerprint density at radius 3 is 2.68 bits per heavy atom. The Kier molecular flexibility index (Phi) is 5.45. The summed E-state index contributed by atoms with van der Waals surface area (Å²) in [5.41, 5.74) is 8.96. The van der Waals surface area contributed by atoms with Crippen LogP contribution >= 0.6 is 0 Å². The second-order valence-electron chi connectivity index (χ2n) is 9.01. The number of imidazole rings is 1. The highest BCUT2D eigenvalue weighted by molar-refractivity contribution is 5.96. The van der Waals surface area contributed by atoms with Gasteiger partial charge in [0.1, 0.15) is 5.69 Å². The normalized spacial score (nSPS) is 11.5. The van der Waals surface area contributed by atoms with Gasteiger partial charge in [0.2, 0.25) is 0 Å². The maximum atomic E-state index is 5.27. The van der Waals surface area contributed by atoms with Crippen LogP contribution in [0.1, 0.15) is 11.1 Å². The van der Waals surface area contributed by atoms with Gasteiger partial charge < -0.3 is 14.7 Å². The van der Waals surface area contributed by atoms with Crippen molar-refractivity contribution in [3.8, 4) is 33.9 Å². The number of fused-ring (bicyclic) bond motifs is 2. The lowest BCUT2D eigenvalue weighted by Gasteiger charge is -2.07. The zero-order valence-electron chi connectivity index (χ0n) is 20.2. The highest BCUT2D eigenvalue weighted by atomic mass is 16.3. The topological polar surface area (TPSA) is 121 Å². The number of nitrogens with zero attached hydrogens (tertiary/aromatic N) is 5. The number of aromatic nitrogens is 7.